The van der Waals surface area contributed by atoms with Gasteiger partial charge < -0.3 is 9.88 Å². The standard InChI is InChI=1S/C12H17N3S/c1-10-8-16-9-11(10)7-13-4-3-12-14-5-6-15(12)2/h5-6,8-9,13H,3-4,7H2,1-2H3. The van der Waals surface area contributed by atoms with Gasteiger partial charge in [-0.05, 0) is 28.8 Å². The van der Waals surface area contributed by atoms with Crippen molar-refractivity contribution in [2.24, 2.45) is 7.05 Å². The molecular formula is C12H17N3S. The normalized spacial score (nSPS) is 10.9. The molecular weight excluding hydrogens is 218 g/mol. The van der Waals surface area contributed by atoms with E-state index in [1.807, 2.05) is 19.4 Å². The van der Waals surface area contributed by atoms with E-state index < -0.39 is 0 Å². The predicted octanol–water partition coefficient (Wildman–Crippen LogP) is 2.12. The average molecular weight is 235 g/mol. The summed E-state index contributed by atoms with van der Waals surface area (Å²) >= 11 is 1.77. The molecule has 0 radical (unpaired) electrons. The minimum Gasteiger partial charge on any atom is -0.338 e. The molecule has 0 bridgehead atoms. The summed E-state index contributed by atoms with van der Waals surface area (Å²) < 4.78 is 2.07. The van der Waals surface area contributed by atoms with Gasteiger partial charge in [0.05, 0.1) is 0 Å². The van der Waals surface area contributed by atoms with Gasteiger partial charge in [-0.3, -0.25) is 0 Å². The molecule has 0 saturated heterocycles. The van der Waals surface area contributed by atoms with E-state index in [9.17, 15) is 0 Å². The lowest BCUT2D eigenvalue weighted by atomic mass is 10.2. The maximum Gasteiger partial charge on any atom is 0.109 e. The largest absolute Gasteiger partial charge is 0.338 e. The molecule has 0 amide bonds. The van der Waals surface area contributed by atoms with Gasteiger partial charge in [0.1, 0.15) is 5.82 Å². The number of hydrogen-bond donors (Lipinski definition) is 1. The van der Waals surface area contributed by atoms with Crippen molar-refractivity contribution in [1.82, 2.24) is 14.9 Å². The van der Waals surface area contributed by atoms with Crippen LogP contribution in [0.25, 0.3) is 0 Å². The minimum atomic E-state index is 0.958. The Kier molecular flexibility index (Phi) is 3.74. The maximum absolute atomic E-state index is 4.29. The second-order valence-corrected chi connectivity index (χ2v) is 4.70. The second-order valence-electron chi connectivity index (χ2n) is 3.96. The highest BCUT2D eigenvalue weighted by Gasteiger charge is 2.00. The van der Waals surface area contributed by atoms with E-state index in [2.05, 4.69) is 32.6 Å². The highest BCUT2D eigenvalue weighted by Crippen LogP contribution is 2.12. The fourth-order valence-corrected chi connectivity index (χ4v) is 2.49. The van der Waals surface area contributed by atoms with Gasteiger partial charge >= 0.3 is 0 Å². The molecule has 0 atom stereocenters. The number of hydrogen-bond acceptors (Lipinski definition) is 3. The summed E-state index contributed by atoms with van der Waals surface area (Å²) in [5, 5.41) is 7.85. The Morgan fingerprint density at radius 3 is 2.94 bits per heavy atom. The smallest absolute Gasteiger partial charge is 0.109 e. The van der Waals surface area contributed by atoms with Gasteiger partial charge in [-0.25, -0.2) is 4.98 Å². The summed E-state index contributed by atoms with van der Waals surface area (Å²) in [6, 6.07) is 0. The Morgan fingerprint density at radius 1 is 1.44 bits per heavy atom. The fourth-order valence-electron chi connectivity index (χ4n) is 1.63. The van der Waals surface area contributed by atoms with Crippen LogP contribution in [0.4, 0.5) is 0 Å². The average Bonchev–Trinajstić information content (AvgIpc) is 2.84. The van der Waals surface area contributed by atoms with Crippen LogP contribution in [0.15, 0.2) is 23.2 Å². The number of nitrogens with one attached hydrogen (secondary N) is 1. The first-order valence-corrected chi connectivity index (χ1v) is 6.40. The summed E-state index contributed by atoms with van der Waals surface area (Å²) in [6.45, 7) is 4.09. The zero-order chi connectivity index (χ0) is 11.4. The monoisotopic (exact) mass is 235 g/mol. The van der Waals surface area contributed by atoms with Crippen LogP contribution in [0.2, 0.25) is 0 Å². The molecule has 0 aromatic carbocycles. The number of thiophene rings is 1. The molecule has 0 spiro atoms. The van der Waals surface area contributed by atoms with E-state index in [0.717, 1.165) is 25.3 Å². The van der Waals surface area contributed by atoms with Gasteiger partial charge in [0.25, 0.3) is 0 Å². The van der Waals surface area contributed by atoms with Crippen LogP contribution < -0.4 is 5.32 Å². The number of aryl methyl sites for hydroxylation is 2. The summed E-state index contributed by atoms with van der Waals surface area (Å²) in [7, 11) is 2.03. The second kappa shape index (κ2) is 5.27. The third-order valence-corrected chi connectivity index (χ3v) is 3.63. The Hall–Kier alpha value is -1.13. The van der Waals surface area contributed by atoms with E-state index in [0.29, 0.717) is 0 Å². The lowest BCUT2D eigenvalue weighted by Gasteiger charge is -2.04. The van der Waals surface area contributed by atoms with Gasteiger partial charge in [-0.15, -0.1) is 0 Å². The fraction of sp³-hybridized carbons (Fsp3) is 0.417. The molecule has 2 aromatic rings. The lowest BCUT2D eigenvalue weighted by Crippen LogP contribution is -2.18. The molecule has 16 heavy (non-hydrogen) atoms. The van der Waals surface area contributed by atoms with E-state index in [1.165, 1.54) is 11.1 Å². The van der Waals surface area contributed by atoms with Gasteiger partial charge in [-0.1, -0.05) is 0 Å². The van der Waals surface area contributed by atoms with Crippen LogP contribution >= 0.6 is 11.3 Å². The number of nitrogens with zero attached hydrogens (tertiary/aromatic N) is 2. The molecule has 86 valence electrons. The highest BCUT2D eigenvalue weighted by atomic mass is 32.1. The number of aromatic nitrogens is 2. The van der Waals surface area contributed by atoms with Gasteiger partial charge in [-0.2, -0.15) is 11.3 Å². The molecule has 0 fully saturated rings. The topological polar surface area (TPSA) is 29.9 Å². The lowest BCUT2D eigenvalue weighted by molar-refractivity contribution is 0.654. The van der Waals surface area contributed by atoms with Crippen LogP contribution in [0.3, 0.4) is 0 Å². The van der Waals surface area contributed by atoms with Crippen LogP contribution in [0, 0.1) is 6.92 Å². The van der Waals surface area contributed by atoms with Crippen molar-refractivity contribution in [3.05, 3.63) is 40.1 Å². The molecule has 2 rings (SSSR count). The predicted molar refractivity (Wildman–Crippen MR) is 67.7 cm³/mol. The first-order valence-electron chi connectivity index (χ1n) is 5.46. The zero-order valence-electron chi connectivity index (χ0n) is 9.73. The summed E-state index contributed by atoms with van der Waals surface area (Å²) in [5.74, 6) is 1.13. The summed E-state index contributed by atoms with van der Waals surface area (Å²) in [6.07, 6.45) is 4.81. The van der Waals surface area contributed by atoms with Crippen LogP contribution in [-0.4, -0.2) is 16.1 Å². The number of imidazole rings is 1. The zero-order valence-corrected chi connectivity index (χ0v) is 10.5. The van der Waals surface area contributed by atoms with Crippen molar-refractivity contribution in [3.8, 4) is 0 Å². The molecule has 0 unspecified atom stereocenters. The molecule has 2 heterocycles. The van der Waals surface area contributed by atoms with Crippen molar-refractivity contribution < 1.29 is 0 Å². The SMILES string of the molecule is Cc1cscc1CNCCc1nccn1C. The Bertz CT molecular complexity index is 402. The third kappa shape index (κ3) is 2.71. The molecule has 0 aliphatic rings. The summed E-state index contributed by atoms with van der Waals surface area (Å²) in [5.41, 5.74) is 2.79. The van der Waals surface area contributed by atoms with E-state index in [-0.39, 0.29) is 0 Å². The minimum absolute atomic E-state index is 0.958. The van der Waals surface area contributed by atoms with Crippen molar-refractivity contribution in [2.45, 2.75) is 19.9 Å². The Morgan fingerprint density at radius 2 is 2.31 bits per heavy atom. The quantitative estimate of drug-likeness (QED) is 0.805. The van der Waals surface area contributed by atoms with Gasteiger partial charge in [0.2, 0.25) is 0 Å². The van der Waals surface area contributed by atoms with Crippen molar-refractivity contribution in [3.63, 3.8) is 0 Å². The molecule has 4 heteroatoms. The van der Waals surface area contributed by atoms with E-state index in [4.69, 9.17) is 0 Å². The van der Waals surface area contributed by atoms with Crippen molar-refractivity contribution >= 4 is 11.3 Å². The van der Waals surface area contributed by atoms with Gasteiger partial charge in [0, 0.05) is 39.0 Å². The molecule has 3 nitrogen and oxygen atoms in total. The first-order chi connectivity index (χ1) is 7.77. The van der Waals surface area contributed by atoms with E-state index >= 15 is 0 Å². The third-order valence-electron chi connectivity index (χ3n) is 2.72. The summed E-state index contributed by atoms with van der Waals surface area (Å²) in [4.78, 5) is 4.29. The molecule has 2 aromatic heterocycles. The van der Waals surface area contributed by atoms with Crippen molar-refractivity contribution in [2.75, 3.05) is 6.54 Å². The maximum atomic E-state index is 4.29. The first kappa shape index (κ1) is 11.4. The number of rotatable bonds is 5. The molecule has 1 N–H and O–H groups in total. The highest BCUT2D eigenvalue weighted by molar-refractivity contribution is 7.08. The van der Waals surface area contributed by atoms with Gasteiger partial charge in [0.15, 0.2) is 0 Å². The molecule has 0 aliphatic heterocycles. The molecule has 0 aliphatic carbocycles. The van der Waals surface area contributed by atoms with Crippen LogP contribution in [-0.2, 0) is 20.0 Å². The van der Waals surface area contributed by atoms with Crippen molar-refractivity contribution in [1.29, 1.82) is 0 Å². The Balaban J connectivity index is 1.74. The Labute approximate surface area is 100 Å². The molecule has 0 saturated carbocycles. The van der Waals surface area contributed by atoms with Crippen LogP contribution in [0.1, 0.15) is 17.0 Å². The van der Waals surface area contributed by atoms with E-state index in [1.54, 1.807) is 11.3 Å². The van der Waals surface area contributed by atoms with Crippen LogP contribution in [0.5, 0.6) is 0 Å².